The monoisotopic (exact) mass is 614 g/mol. The predicted octanol–water partition coefficient (Wildman–Crippen LogP) is 9.36. The van der Waals surface area contributed by atoms with Gasteiger partial charge in [0.15, 0.2) is 11.6 Å². The molecule has 0 aliphatic heterocycles. The lowest BCUT2D eigenvalue weighted by Crippen LogP contribution is -2.39. The van der Waals surface area contributed by atoms with Gasteiger partial charge in [-0.25, -0.2) is 8.78 Å². The Labute approximate surface area is 237 Å². The number of ether oxygens (including phenoxy) is 4. The first-order valence-electron chi connectivity index (χ1n) is 13.8. The summed E-state index contributed by atoms with van der Waals surface area (Å²) >= 11 is 0. The molecule has 13 heteroatoms. The van der Waals surface area contributed by atoms with E-state index in [1.807, 2.05) is 0 Å². The lowest BCUT2D eigenvalue weighted by atomic mass is 9.70. The van der Waals surface area contributed by atoms with E-state index in [-0.39, 0.29) is 42.4 Å². The molecule has 0 heterocycles. The summed E-state index contributed by atoms with van der Waals surface area (Å²) in [6, 6.07) is 5.86. The zero-order valence-electron chi connectivity index (χ0n) is 22.7. The van der Waals surface area contributed by atoms with Gasteiger partial charge in [0.2, 0.25) is 5.75 Å². The highest BCUT2D eigenvalue weighted by Gasteiger charge is 2.46. The first-order valence-corrected chi connectivity index (χ1v) is 13.8. The molecule has 2 aromatic carbocycles. The first-order chi connectivity index (χ1) is 19.7. The van der Waals surface area contributed by atoms with Gasteiger partial charge in [0.05, 0.1) is 24.2 Å². The maximum absolute atomic E-state index is 14.8. The maximum Gasteiger partial charge on any atom is 0.573 e. The summed E-state index contributed by atoms with van der Waals surface area (Å²) in [6.07, 6.45) is -10.4. The van der Waals surface area contributed by atoms with Crippen LogP contribution in [0.15, 0.2) is 36.4 Å². The van der Waals surface area contributed by atoms with E-state index < -0.39 is 53.7 Å². The smallest absolute Gasteiger partial charge is 0.494 e. The van der Waals surface area contributed by atoms with Crippen LogP contribution < -0.4 is 14.2 Å². The van der Waals surface area contributed by atoms with Crippen molar-refractivity contribution in [1.82, 2.24) is 0 Å². The van der Waals surface area contributed by atoms with Crippen molar-refractivity contribution < 1.29 is 58.5 Å². The van der Waals surface area contributed by atoms with Crippen LogP contribution in [0.25, 0.3) is 0 Å². The molecule has 2 fully saturated rings. The van der Waals surface area contributed by atoms with E-state index in [1.165, 1.54) is 24.3 Å². The highest BCUT2D eigenvalue weighted by atomic mass is 19.4. The van der Waals surface area contributed by atoms with E-state index in [4.69, 9.17) is 9.47 Å². The molecule has 0 amide bonds. The Bertz CT molecular complexity index is 1150. The molecular weight excluding hydrogens is 583 g/mol. The van der Waals surface area contributed by atoms with Crippen molar-refractivity contribution in [1.29, 1.82) is 0 Å². The molecule has 0 atom stereocenters. The summed E-state index contributed by atoms with van der Waals surface area (Å²) < 4.78 is 142. The van der Waals surface area contributed by atoms with Crippen LogP contribution >= 0.6 is 0 Å². The molecular formula is C29H31F9O4. The van der Waals surface area contributed by atoms with Crippen LogP contribution in [-0.4, -0.2) is 25.2 Å². The number of halogens is 9. The van der Waals surface area contributed by atoms with Crippen LogP contribution in [-0.2, 0) is 10.8 Å². The van der Waals surface area contributed by atoms with Crippen molar-refractivity contribution in [3.63, 3.8) is 0 Å². The standard InChI is InChI=1S/C29H31F9O4/c1-2-39-21-13-9-20(10-14-21)27(32,33)40-22-11-5-18(6-12-22)17-3-7-19(8-4-17)28(34,35)41-23-15-24(30)26(25(31)16-23)42-29(36,37)38/h9-10,13-19,22H,2-8,11-12H2,1H3. The van der Waals surface area contributed by atoms with Gasteiger partial charge < -0.3 is 18.9 Å². The summed E-state index contributed by atoms with van der Waals surface area (Å²) in [4.78, 5) is 0. The Morgan fingerprint density at radius 3 is 1.71 bits per heavy atom. The third-order valence-corrected chi connectivity index (χ3v) is 7.89. The van der Waals surface area contributed by atoms with Crippen LogP contribution in [0.1, 0.15) is 63.9 Å². The van der Waals surface area contributed by atoms with Crippen molar-refractivity contribution in [2.24, 2.45) is 17.8 Å². The SMILES string of the molecule is CCOc1ccc(C(F)(F)OC2CCC(C3CCC(C(F)(F)Oc4cc(F)c(OC(F)(F)F)c(F)c4)CC3)CC2)cc1. The van der Waals surface area contributed by atoms with E-state index in [1.54, 1.807) is 6.92 Å². The molecule has 4 rings (SSSR count). The molecule has 0 radical (unpaired) electrons. The zero-order chi connectivity index (χ0) is 30.7. The van der Waals surface area contributed by atoms with Crippen molar-refractivity contribution in [2.75, 3.05) is 6.61 Å². The lowest BCUT2D eigenvalue weighted by molar-refractivity contribution is -0.278. The number of alkyl halides is 7. The van der Waals surface area contributed by atoms with Gasteiger partial charge in [-0.2, -0.15) is 17.6 Å². The molecule has 0 spiro atoms. The average molecular weight is 615 g/mol. The molecule has 0 unspecified atom stereocenters. The van der Waals surface area contributed by atoms with Gasteiger partial charge in [-0.1, -0.05) is 0 Å². The molecule has 0 saturated heterocycles. The van der Waals surface area contributed by atoms with E-state index in [0.717, 1.165) is 0 Å². The quantitative estimate of drug-likeness (QED) is 0.250. The molecule has 2 aromatic rings. The van der Waals surface area contributed by atoms with Gasteiger partial charge in [-0.05, 0) is 94.4 Å². The fourth-order valence-corrected chi connectivity index (χ4v) is 5.84. The average Bonchev–Trinajstić information content (AvgIpc) is 2.91. The second kappa shape index (κ2) is 12.8. The summed E-state index contributed by atoms with van der Waals surface area (Å²) in [5.74, 6) is -6.95. The Hall–Kier alpha value is -2.83. The Morgan fingerprint density at radius 1 is 0.690 bits per heavy atom. The van der Waals surface area contributed by atoms with Crippen molar-refractivity contribution in [3.05, 3.63) is 53.6 Å². The molecule has 2 aliphatic rings. The third-order valence-electron chi connectivity index (χ3n) is 7.89. The molecule has 42 heavy (non-hydrogen) atoms. The van der Waals surface area contributed by atoms with E-state index in [0.29, 0.717) is 50.9 Å². The van der Waals surface area contributed by atoms with Gasteiger partial charge in [0.1, 0.15) is 11.5 Å². The summed E-state index contributed by atoms with van der Waals surface area (Å²) in [5, 5.41) is 0. The Morgan fingerprint density at radius 2 is 1.21 bits per heavy atom. The van der Waals surface area contributed by atoms with Crippen LogP contribution in [0.3, 0.4) is 0 Å². The van der Waals surface area contributed by atoms with Gasteiger partial charge >= 0.3 is 18.6 Å². The Balaban J connectivity index is 1.25. The fraction of sp³-hybridized carbons (Fsp3) is 0.586. The normalized spacial score (nSPS) is 23.9. The number of hydrogen-bond acceptors (Lipinski definition) is 4. The molecule has 4 nitrogen and oxygen atoms in total. The van der Waals surface area contributed by atoms with Crippen LogP contribution in [0.2, 0.25) is 0 Å². The van der Waals surface area contributed by atoms with Crippen LogP contribution in [0, 0.1) is 29.4 Å². The van der Waals surface area contributed by atoms with Gasteiger partial charge in [-0.3, -0.25) is 0 Å². The number of benzene rings is 2. The van der Waals surface area contributed by atoms with E-state index >= 15 is 0 Å². The minimum absolute atomic E-state index is 0.0458. The number of rotatable bonds is 10. The first kappa shape index (κ1) is 32.1. The molecule has 234 valence electrons. The third kappa shape index (κ3) is 8.17. The topological polar surface area (TPSA) is 36.9 Å². The second-order valence-corrected chi connectivity index (χ2v) is 10.7. The van der Waals surface area contributed by atoms with Crippen LogP contribution in [0.5, 0.6) is 17.2 Å². The molecule has 2 saturated carbocycles. The number of hydrogen-bond donors (Lipinski definition) is 0. The van der Waals surface area contributed by atoms with Gasteiger partial charge in [0, 0.05) is 12.1 Å². The Kier molecular flexibility index (Phi) is 9.79. The minimum atomic E-state index is -5.37. The molecule has 2 aliphatic carbocycles. The van der Waals surface area contributed by atoms with Crippen LogP contribution in [0.4, 0.5) is 39.5 Å². The molecule has 0 aromatic heterocycles. The summed E-state index contributed by atoms with van der Waals surface area (Å²) in [5.41, 5.74) is -0.273. The molecule has 0 N–H and O–H groups in total. The van der Waals surface area contributed by atoms with Gasteiger partial charge in [-0.15, -0.1) is 13.2 Å². The van der Waals surface area contributed by atoms with Crippen molar-refractivity contribution in [2.45, 2.75) is 83.0 Å². The minimum Gasteiger partial charge on any atom is -0.494 e. The summed E-state index contributed by atoms with van der Waals surface area (Å²) in [6.45, 7) is 2.20. The highest BCUT2D eigenvalue weighted by Crippen LogP contribution is 2.46. The molecule has 0 bridgehead atoms. The largest absolute Gasteiger partial charge is 0.573 e. The zero-order valence-corrected chi connectivity index (χ0v) is 22.7. The van der Waals surface area contributed by atoms with E-state index in [2.05, 4.69) is 9.47 Å². The fourth-order valence-electron chi connectivity index (χ4n) is 5.84. The second-order valence-electron chi connectivity index (χ2n) is 10.7. The highest BCUT2D eigenvalue weighted by molar-refractivity contribution is 5.35. The lowest BCUT2D eigenvalue weighted by Gasteiger charge is -2.39. The van der Waals surface area contributed by atoms with Crippen molar-refractivity contribution in [3.8, 4) is 17.2 Å². The predicted molar refractivity (Wildman–Crippen MR) is 132 cm³/mol. The van der Waals surface area contributed by atoms with E-state index in [9.17, 15) is 39.5 Å². The maximum atomic E-state index is 14.8. The summed E-state index contributed by atoms with van der Waals surface area (Å²) in [7, 11) is 0. The van der Waals surface area contributed by atoms with Crippen molar-refractivity contribution >= 4 is 0 Å². The van der Waals surface area contributed by atoms with Gasteiger partial charge in [0.25, 0.3) is 0 Å².